The molecule has 0 saturated heterocycles. The normalized spacial score (nSPS) is 12.0. The Labute approximate surface area is 94.1 Å². The Morgan fingerprint density at radius 2 is 0.875 bits per heavy atom. The van der Waals surface area contributed by atoms with Gasteiger partial charge in [0.15, 0.2) is 0 Å². The van der Waals surface area contributed by atoms with E-state index in [1.54, 1.807) is 48.5 Å². The molecule has 0 fully saturated rings. The van der Waals surface area contributed by atoms with E-state index in [0.717, 1.165) is 0 Å². The van der Waals surface area contributed by atoms with Gasteiger partial charge in [-0.3, -0.25) is 0 Å². The number of hydrogen-bond donors (Lipinski definition) is 0. The van der Waals surface area contributed by atoms with Gasteiger partial charge in [0.05, 0.1) is 0 Å². The van der Waals surface area contributed by atoms with Gasteiger partial charge in [-0.2, -0.15) is 0 Å². The van der Waals surface area contributed by atoms with Gasteiger partial charge in [0, 0.05) is 0 Å². The topological polar surface area (TPSA) is 46.1 Å². The van der Waals surface area contributed by atoms with Crippen molar-refractivity contribution in [3.05, 3.63) is 71.8 Å². The van der Waals surface area contributed by atoms with Crippen molar-refractivity contribution in [1.29, 1.82) is 0 Å². The SMILES string of the molecule is [O-]/C(=C(/[O-])c1ccccc1)c1ccccc1. The zero-order chi connectivity index (χ0) is 11.4. The van der Waals surface area contributed by atoms with Crippen molar-refractivity contribution < 1.29 is 10.2 Å². The molecular weight excluding hydrogens is 200 g/mol. The number of benzene rings is 2. The van der Waals surface area contributed by atoms with Crippen LogP contribution in [0.15, 0.2) is 60.7 Å². The van der Waals surface area contributed by atoms with E-state index in [0.29, 0.717) is 11.1 Å². The predicted octanol–water partition coefficient (Wildman–Crippen LogP) is 1.23. The highest BCUT2D eigenvalue weighted by atomic mass is 16.3. The largest absolute Gasteiger partial charge is 0.872 e. The Morgan fingerprint density at radius 1 is 0.562 bits per heavy atom. The lowest BCUT2D eigenvalue weighted by Gasteiger charge is -2.24. The van der Waals surface area contributed by atoms with Crippen LogP contribution >= 0.6 is 0 Å². The molecular formula is C14H10O2-2. The maximum atomic E-state index is 11.8. The Bertz CT molecular complexity index is 439. The molecule has 2 aromatic carbocycles. The van der Waals surface area contributed by atoms with E-state index in [9.17, 15) is 10.2 Å². The summed E-state index contributed by atoms with van der Waals surface area (Å²) in [5, 5.41) is 23.6. The van der Waals surface area contributed by atoms with Crippen molar-refractivity contribution in [3.8, 4) is 0 Å². The van der Waals surface area contributed by atoms with Gasteiger partial charge >= 0.3 is 0 Å². The summed E-state index contributed by atoms with van der Waals surface area (Å²) in [6.45, 7) is 0. The molecule has 0 spiro atoms. The van der Waals surface area contributed by atoms with Gasteiger partial charge in [0.2, 0.25) is 0 Å². The second-order valence-electron chi connectivity index (χ2n) is 3.39. The lowest BCUT2D eigenvalue weighted by molar-refractivity contribution is -0.279. The predicted molar refractivity (Wildman–Crippen MR) is 59.7 cm³/mol. The molecule has 0 N–H and O–H groups in total. The minimum atomic E-state index is -0.466. The van der Waals surface area contributed by atoms with Crippen molar-refractivity contribution in [3.63, 3.8) is 0 Å². The van der Waals surface area contributed by atoms with E-state index in [1.807, 2.05) is 12.1 Å². The maximum Gasteiger partial charge on any atom is -0.0341 e. The fourth-order valence-corrected chi connectivity index (χ4v) is 1.44. The van der Waals surface area contributed by atoms with Gasteiger partial charge < -0.3 is 10.2 Å². The van der Waals surface area contributed by atoms with Gasteiger partial charge in [0.25, 0.3) is 0 Å². The van der Waals surface area contributed by atoms with Crippen LogP contribution in [-0.4, -0.2) is 0 Å². The van der Waals surface area contributed by atoms with Crippen LogP contribution in [0.5, 0.6) is 0 Å². The van der Waals surface area contributed by atoms with E-state index in [-0.39, 0.29) is 0 Å². The van der Waals surface area contributed by atoms with Crippen LogP contribution in [0.25, 0.3) is 11.5 Å². The Kier molecular flexibility index (Phi) is 2.92. The van der Waals surface area contributed by atoms with Crippen LogP contribution in [0.1, 0.15) is 11.1 Å². The molecule has 2 nitrogen and oxygen atoms in total. The van der Waals surface area contributed by atoms with Crippen LogP contribution in [0.3, 0.4) is 0 Å². The minimum Gasteiger partial charge on any atom is -0.872 e. The second-order valence-corrected chi connectivity index (χ2v) is 3.39. The lowest BCUT2D eigenvalue weighted by Crippen LogP contribution is -2.13. The van der Waals surface area contributed by atoms with E-state index in [4.69, 9.17) is 0 Å². The third kappa shape index (κ3) is 2.06. The summed E-state index contributed by atoms with van der Waals surface area (Å²) >= 11 is 0. The summed E-state index contributed by atoms with van der Waals surface area (Å²) in [5.41, 5.74) is 0.854. The van der Waals surface area contributed by atoms with Crippen LogP contribution in [0.4, 0.5) is 0 Å². The smallest absolute Gasteiger partial charge is 0.0341 e. The van der Waals surface area contributed by atoms with E-state index >= 15 is 0 Å². The molecule has 2 heteroatoms. The zero-order valence-electron chi connectivity index (χ0n) is 8.59. The highest BCUT2D eigenvalue weighted by Gasteiger charge is 1.93. The molecule has 0 aliphatic heterocycles. The van der Waals surface area contributed by atoms with E-state index < -0.39 is 11.5 Å². The van der Waals surface area contributed by atoms with Gasteiger partial charge in [-0.1, -0.05) is 60.7 Å². The van der Waals surface area contributed by atoms with Crippen molar-refractivity contribution in [2.75, 3.05) is 0 Å². The highest BCUT2D eigenvalue weighted by molar-refractivity contribution is 5.80. The quantitative estimate of drug-likeness (QED) is 0.553. The van der Waals surface area contributed by atoms with Crippen molar-refractivity contribution in [1.82, 2.24) is 0 Å². The molecule has 2 aromatic rings. The standard InChI is InChI=1S/C14H12O2/c15-13(11-7-3-1-4-8-11)14(16)12-9-5-2-6-10-12/h1-10,15-16H/p-2/b14-13+. The van der Waals surface area contributed by atoms with Crippen LogP contribution < -0.4 is 10.2 Å². The molecule has 0 aromatic heterocycles. The third-order valence-corrected chi connectivity index (χ3v) is 2.28. The van der Waals surface area contributed by atoms with Gasteiger partial charge in [0.1, 0.15) is 0 Å². The first kappa shape index (κ1) is 10.3. The van der Waals surface area contributed by atoms with Gasteiger partial charge in [-0.05, 0) is 11.1 Å². The average Bonchev–Trinajstić information content (AvgIpc) is 2.39. The van der Waals surface area contributed by atoms with Crippen LogP contribution in [-0.2, 0) is 0 Å². The van der Waals surface area contributed by atoms with Gasteiger partial charge in [-0.25, -0.2) is 0 Å². The monoisotopic (exact) mass is 210 g/mol. The van der Waals surface area contributed by atoms with Crippen LogP contribution in [0.2, 0.25) is 0 Å². The summed E-state index contributed by atoms with van der Waals surface area (Å²) in [4.78, 5) is 0. The molecule has 0 aliphatic carbocycles. The molecule has 0 saturated carbocycles. The first-order valence-electron chi connectivity index (χ1n) is 4.98. The van der Waals surface area contributed by atoms with E-state index in [1.165, 1.54) is 0 Å². The first-order chi connectivity index (χ1) is 7.79. The molecule has 0 aliphatic rings. The fourth-order valence-electron chi connectivity index (χ4n) is 1.44. The highest BCUT2D eigenvalue weighted by Crippen LogP contribution is 2.16. The summed E-state index contributed by atoms with van der Waals surface area (Å²) in [6, 6.07) is 17.2. The first-order valence-corrected chi connectivity index (χ1v) is 4.98. The Hall–Kier alpha value is -2.22. The summed E-state index contributed by atoms with van der Waals surface area (Å²) in [6.07, 6.45) is 0. The average molecular weight is 210 g/mol. The maximum absolute atomic E-state index is 11.8. The lowest BCUT2D eigenvalue weighted by atomic mass is 10.1. The van der Waals surface area contributed by atoms with Gasteiger partial charge in [-0.15, -0.1) is 11.5 Å². The summed E-state index contributed by atoms with van der Waals surface area (Å²) in [7, 11) is 0. The minimum absolute atomic E-state index is 0.427. The fraction of sp³-hybridized carbons (Fsp3) is 0. The zero-order valence-corrected chi connectivity index (χ0v) is 8.59. The molecule has 0 amide bonds. The Morgan fingerprint density at radius 3 is 1.19 bits per heavy atom. The molecule has 2 rings (SSSR count). The Balaban J connectivity index is 2.43. The number of hydrogen-bond acceptors (Lipinski definition) is 2. The second kappa shape index (κ2) is 4.53. The van der Waals surface area contributed by atoms with Crippen molar-refractivity contribution in [2.45, 2.75) is 0 Å². The van der Waals surface area contributed by atoms with Crippen molar-refractivity contribution >= 4 is 11.5 Å². The molecule has 0 heterocycles. The van der Waals surface area contributed by atoms with Crippen molar-refractivity contribution in [2.24, 2.45) is 0 Å². The van der Waals surface area contributed by atoms with Crippen LogP contribution in [0, 0.1) is 0 Å². The number of rotatable bonds is 2. The molecule has 0 radical (unpaired) electrons. The molecule has 0 atom stereocenters. The molecule has 16 heavy (non-hydrogen) atoms. The summed E-state index contributed by atoms with van der Waals surface area (Å²) < 4.78 is 0. The summed E-state index contributed by atoms with van der Waals surface area (Å²) in [5.74, 6) is -0.932. The van der Waals surface area contributed by atoms with E-state index in [2.05, 4.69) is 0 Å². The molecule has 0 unspecified atom stereocenters. The third-order valence-electron chi connectivity index (χ3n) is 2.28. The molecule has 80 valence electrons. The molecule has 0 bridgehead atoms.